The van der Waals surface area contributed by atoms with Crippen molar-refractivity contribution in [3.8, 4) is 0 Å². The molecule has 3 aliphatic rings. The fourth-order valence-electron chi connectivity index (χ4n) is 4.74. The number of piperidine rings is 1. The predicted molar refractivity (Wildman–Crippen MR) is 128 cm³/mol. The van der Waals surface area contributed by atoms with Gasteiger partial charge in [-0.3, -0.25) is 4.90 Å². The number of rotatable bonds is 5. The van der Waals surface area contributed by atoms with E-state index in [-0.39, 0.29) is 35.4 Å². The van der Waals surface area contributed by atoms with Crippen molar-refractivity contribution in [2.75, 3.05) is 56.2 Å². The molecule has 178 valence electrons. The summed E-state index contributed by atoms with van der Waals surface area (Å²) in [5, 5.41) is 0. The maximum atomic E-state index is 11.7. The number of hydrogen-bond donors (Lipinski definition) is 0. The summed E-state index contributed by atoms with van der Waals surface area (Å²) in [7, 11) is -1.41. The van der Waals surface area contributed by atoms with Gasteiger partial charge in [0, 0.05) is 45.5 Å². The van der Waals surface area contributed by atoms with Crippen LogP contribution in [0.25, 0.3) is 0 Å². The predicted octanol–water partition coefficient (Wildman–Crippen LogP) is 1.70. The second kappa shape index (κ2) is 8.58. The highest BCUT2D eigenvalue weighted by atomic mass is 32.2. The van der Waals surface area contributed by atoms with Gasteiger partial charge in [-0.15, -0.1) is 0 Å². The molecule has 0 saturated carbocycles. The van der Waals surface area contributed by atoms with Crippen LogP contribution in [0, 0.1) is 0 Å². The molecule has 4 rings (SSSR count). The summed E-state index contributed by atoms with van der Waals surface area (Å²) < 4.78 is 41.8. The molecule has 1 aromatic carbocycles. The largest absolute Gasteiger partial charge is 0.494 e. The summed E-state index contributed by atoms with van der Waals surface area (Å²) in [6.07, 6.45) is 1.84. The molecule has 0 amide bonds. The van der Waals surface area contributed by atoms with Crippen molar-refractivity contribution in [1.29, 1.82) is 0 Å². The lowest BCUT2D eigenvalue weighted by molar-refractivity contribution is -0.0520. The van der Waals surface area contributed by atoms with Gasteiger partial charge in [0.05, 0.1) is 28.3 Å². The zero-order valence-corrected chi connectivity index (χ0v) is 20.9. The van der Waals surface area contributed by atoms with Gasteiger partial charge in [0.1, 0.15) is 0 Å². The highest BCUT2D eigenvalue weighted by Crippen LogP contribution is 2.36. The molecule has 0 unspecified atom stereocenters. The van der Waals surface area contributed by atoms with Gasteiger partial charge in [0.2, 0.25) is 0 Å². The van der Waals surface area contributed by atoms with Gasteiger partial charge in [0.15, 0.2) is 9.84 Å². The van der Waals surface area contributed by atoms with Crippen molar-refractivity contribution < 1.29 is 22.5 Å². The first-order chi connectivity index (χ1) is 14.9. The van der Waals surface area contributed by atoms with Crippen LogP contribution < -0.4 is 10.4 Å². The zero-order chi connectivity index (χ0) is 23.2. The molecule has 0 bridgehead atoms. The zero-order valence-electron chi connectivity index (χ0n) is 20.1. The van der Waals surface area contributed by atoms with Crippen LogP contribution in [0.15, 0.2) is 24.3 Å². The normalized spacial score (nSPS) is 26.9. The van der Waals surface area contributed by atoms with E-state index in [0.29, 0.717) is 13.1 Å². The second-order valence-corrected chi connectivity index (χ2v) is 12.8. The van der Waals surface area contributed by atoms with E-state index < -0.39 is 9.84 Å². The lowest BCUT2D eigenvalue weighted by Gasteiger charge is -2.44. The summed E-state index contributed by atoms with van der Waals surface area (Å²) in [4.78, 5) is 4.64. The summed E-state index contributed by atoms with van der Waals surface area (Å²) in [5.41, 5.74) is 1.34. The van der Waals surface area contributed by atoms with Crippen LogP contribution in [0.3, 0.4) is 0 Å². The van der Waals surface area contributed by atoms with E-state index in [2.05, 4.69) is 61.8 Å². The maximum Gasteiger partial charge on any atom is 0.494 e. The topological polar surface area (TPSA) is 68.3 Å². The lowest BCUT2D eigenvalue weighted by Crippen LogP contribution is -2.54. The van der Waals surface area contributed by atoms with Crippen LogP contribution in [0.4, 0.5) is 5.69 Å². The average Bonchev–Trinajstić information content (AvgIpc) is 2.97. The lowest BCUT2D eigenvalue weighted by atomic mass is 9.79. The molecular formula is C23H37BN2O5S. The Kier molecular flexibility index (Phi) is 6.44. The summed E-state index contributed by atoms with van der Waals surface area (Å²) in [6, 6.07) is 8.50. The molecule has 0 radical (unpaired) electrons. The van der Waals surface area contributed by atoms with Crippen LogP contribution in [0.1, 0.15) is 40.5 Å². The number of ether oxygens (including phenoxy) is 1. The van der Waals surface area contributed by atoms with Crippen molar-refractivity contribution in [2.24, 2.45) is 0 Å². The highest BCUT2D eigenvalue weighted by molar-refractivity contribution is 7.91. The minimum atomic E-state index is -2.86. The Morgan fingerprint density at radius 1 is 0.938 bits per heavy atom. The Morgan fingerprint density at radius 3 is 1.97 bits per heavy atom. The van der Waals surface area contributed by atoms with Gasteiger partial charge in [0.25, 0.3) is 0 Å². The molecule has 3 aliphatic heterocycles. The Balaban J connectivity index is 1.35. The average molecular weight is 464 g/mol. The molecular weight excluding hydrogens is 427 g/mol. The quantitative estimate of drug-likeness (QED) is 0.615. The van der Waals surface area contributed by atoms with Crippen LogP contribution in [0.5, 0.6) is 0 Å². The van der Waals surface area contributed by atoms with Crippen LogP contribution in [-0.4, -0.2) is 88.6 Å². The number of anilines is 1. The number of methoxy groups -OCH3 is 1. The van der Waals surface area contributed by atoms with Crippen molar-refractivity contribution in [1.82, 2.24) is 4.90 Å². The van der Waals surface area contributed by atoms with Gasteiger partial charge < -0.3 is 18.9 Å². The third kappa shape index (κ3) is 4.87. The van der Waals surface area contributed by atoms with Crippen molar-refractivity contribution in [3.63, 3.8) is 0 Å². The SMILES string of the molecule is COC1(CN2CCS(=O)(=O)CC2)CCN(c2ccc(B3OC(C)(C)C(C)(C)O3)cc2)CC1. The standard InChI is InChI=1S/C23H37BN2O5S/c1-21(2)22(3,4)31-24(30-21)19-6-8-20(9-7-19)26-12-10-23(29-5,11-13-26)18-25-14-16-32(27,28)17-15-25/h6-9H,10-18H2,1-5H3. The summed E-state index contributed by atoms with van der Waals surface area (Å²) >= 11 is 0. The minimum Gasteiger partial charge on any atom is -0.399 e. The smallest absolute Gasteiger partial charge is 0.399 e. The first-order valence-corrected chi connectivity index (χ1v) is 13.4. The third-order valence-electron chi connectivity index (χ3n) is 7.84. The Morgan fingerprint density at radius 2 is 1.47 bits per heavy atom. The first-order valence-electron chi connectivity index (χ1n) is 11.6. The number of nitrogens with zero attached hydrogens (tertiary/aromatic N) is 2. The molecule has 32 heavy (non-hydrogen) atoms. The molecule has 0 spiro atoms. The minimum absolute atomic E-state index is 0.208. The number of sulfone groups is 1. The number of benzene rings is 1. The summed E-state index contributed by atoms with van der Waals surface area (Å²) in [5.74, 6) is 0.516. The molecule has 1 aromatic rings. The Bertz CT molecular complexity index is 881. The molecule has 0 atom stereocenters. The molecule has 7 nitrogen and oxygen atoms in total. The molecule has 0 aliphatic carbocycles. The fourth-order valence-corrected chi connectivity index (χ4v) is 6.01. The molecule has 3 saturated heterocycles. The van der Waals surface area contributed by atoms with Crippen molar-refractivity contribution in [3.05, 3.63) is 24.3 Å². The van der Waals surface area contributed by atoms with Crippen molar-refractivity contribution in [2.45, 2.75) is 57.3 Å². The van der Waals surface area contributed by atoms with Gasteiger partial charge in [-0.25, -0.2) is 8.42 Å². The summed E-state index contributed by atoms with van der Waals surface area (Å²) in [6.45, 7) is 12.1. The van der Waals surface area contributed by atoms with Crippen LogP contribution in [0.2, 0.25) is 0 Å². The van der Waals surface area contributed by atoms with E-state index in [4.69, 9.17) is 14.0 Å². The van der Waals surface area contributed by atoms with E-state index >= 15 is 0 Å². The van der Waals surface area contributed by atoms with E-state index in [9.17, 15) is 8.42 Å². The highest BCUT2D eigenvalue weighted by Gasteiger charge is 2.51. The number of hydrogen-bond acceptors (Lipinski definition) is 7. The molecule has 9 heteroatoms. The third-order valence-corrected chi connectivity index (χ3v) is 9.45. The van der Waals surface area contributed by atoms with E-state index in [1.165, 1.54) is 5.69 Å². The van der Waals surface area contributed by atoms with Gasteiger partial charge >= 0.3 is 7.12 Å². The van der Waals surface area contributed by atoms with Crippen LogP contribution in [-0.2, 0) is 23.9 Å². The van der Waals surface area contributed by atoms with E-state index in [1.54, 1.807) is 7.11 Å². The van der Waals surface area contributed by atoms with E-state index in [1.807, 2.05) is 0 Å². The fraction of sp³-hybridized carbons (Fsp3) is 0.739. The monoisotopic (exact) mass is 464 g/mol. The Hall–Kier alpha value is -1.13. The first kappa shape index (κ1) is 24.0. The van der Waals surface area contributed by atoms with Crippen LogP contribution >= 0.6 is 0 Å². The maximum absolute atomic E-state index is 11.7. The molecule has 3 heterocycles. The van der Waals surface area contributed by atoms with Crippen molar-refractivity contribution >= 4 is 28.1 Å². The Labute approximate surface area is 193 Å². The molecule has 3 fully saturated rings. The van der Waals surface area contributed by atoms with E-state index in [0.717, 1.165) is 37.9 Å². The van der Waals surface area contributed by atoms with Gasteiger partial charge in [-0.05, 0) is 58.1 Å². The second-order valence-electron chi connectivity index (χ2n) is 10.5. The molecule has 0 N–H and O–H groups in total. The molecule has 0 aromatic heterocycles. The van der Waals surface area contributed by atoms with Gasteiger partial charge in [-0.1, -0.05) is 12.1 Å². The van der Waals surface area contributed by atoms with Gasteiger partial charge in [-0.2, -0.15) is 0 Å².